The molecule has 0 spiro atoms. The normalized spacial score (nSPS) is 12.2. The van der Waals surface area contributed by atoms with Gasteiger partial charge in [0.15, 0.2) is 0 Å². The van der Waals surface area contributed by atoms with Crippen molar-refractivity contribution in [2.24, 2.45) is 5.73 Å². The second kappa shape index (κ2) is 5.46. The number of ether oxygens (including phenoxy) is 1. The Hall–Kier alpha value is -1.42. The Balaban J connectivity index is 2.60. The van der Waals surface area contributed by atoms with Crippen LogP contribution in [-0.4, -0.2) is 24.1 Å². The second-order valence-corrected chi connectivity index (χ2v) is 3.55. The maximum absolute atomic E-state index is 11.1. The number of carbonyl (C=O) groups is 1. The minimum absolute atomic E-state index is 0.173. The van der Waals surface area contributed by atoms with E-state index in [2.05, 4.69) is 9.72 Å². The maximum atomic E-state index is 11.1. The monoisotopic (exact) mass is 208 g/mol. The number of rotatable bonds is 4. The van der Waals surface area contributed by atoms with Crippen LogP contribution in [-0.2, 0) is 11.2 Å². The van der Waals surface area contributed by atoms with E-state index in [1.54, 1.807) is 6.07 Å². The van der Waals surface area contributed by atoms with Gasteiger partial charge in [0.1, 0.15) is 0 Å². The Bertz CT molecular complexity index is 320. The fourth-order valence-corrected chi connectivity index (χ4v) is 1.19. The van der Waals surface area contributed by atoms with E-state index in [-0.39, 0.29) is 12.0 Å². The summed E-state index contributed by atoms with van der Waals surface area (Å²) in [7, 11) is 1.35. The van der Waals surface area contributed by atoms with Gasteiger partial charge in [-0.1, -0.05) is 0 Å². The van der Waals surface area contributed by atoms with Crippen LogP contribution in [0.2, 0.25) is 0 Å². The highest BCUT2D eigenvalue weighted by Gasteiger charge is 2.05. The van der Waals surface area contributed by atoms with E-state index >= 15 is 0 Å². The smallest absolute Gasteiger partial charge is 0.339 e. The number of esters is 1. The van der Waals surface area contributed by atoms with E-state index in [4.69, 9.17) is 5.73 Å². The third kappa shape index (κ3) is 3.67. The molecule has 1 aromatic heterocycles. The summed E-state index contributed by atoms with van der Waals surface area (Å²) in [5.74, 6) is -0.360. The molecule has 2 N–H and O–H groups in total. The summed E-state index contributed by atoms with van der Waals surface area (Å²) >= 11 is 0. The van der Waals surface area contributed by atoms with Crippen LogP contribution in [0.25, 0.3) is 0 Å². The zero-order valence-electron chi connectivity index (χ0n) is 9.06. The first-order valence-electron chi connectivity index (χ1n) is 4.92. The fraction of sp³-hybridized carbons (Fsp3) is 0.455. The van der Waals surface area contributed by atoms with Gasteiger partial charge in [-0.15, -0.1) is 0 Å². The fourth-order valence-electron chi connectivity index (χ4n) is 1.19. The number of methoxy groups -OCH3 is 1. The van der Waals surface area contributed by atoms with Crippen molar-refractivity contribution in [3.63, 3.8) is 0 Å². The van der Waals surface area contributed by atoms with Crippen LogP contribution < -0.4 is 5.73 Å². The van der Waals surface area contributed by atoms with Crippen molar-refractivity contribution in [3.8, 4) is 0 Å². The van der Waals surface area contributed by atoms with Gasteiger partial charge in [-0.25, -0.2) is 4.79 Å². The number of pyridine rings is 1. The topological polar surface area (TPSA) is 65.2 Å². The van der Waals surface area contributed by atoms with Crippen LogP contribution in [0.1, 0.15) is 29.4 Å². The highest BCUT2D eigenvalue weighted by atomic mass is 16.5. The van der Waals surface area contributed by atoms with Gasteiger partial charge in [0, 0.05) is 17.9 Å². The van der Waals surface area contributed by atoms with Crippen molar-refractivity contribution in [2.75, 3.05) is 7.11 Å². The largest absolute Gasteiger partial charge is 0.465 e. The molecule has 1 rings (SSSR count). The Morgan fingerprint density at radius 2 is 2.33 bits per heavy atom. The molecule has 1 atom stereocenters. The highest BCUT2D eigenvalue weighted by Crippen LogP contribution is 2.04. The minimum atomic E-state index is -0.360. The number of aromatic nitrogens is 1. The molecule has 0 amide bonds. The van der Waals surface area contributed by atoms with Gasteiger partial charge in [0.05, 0.1) is 12.7 Å². The third-order valence-electron chi connectivity index (χ3n) is 2.10. The molecule has 1 heterocycles. The SMILES string of the molecule is COC(=O)c1ccc(CCC(C)N)nc1. The van der Waals surface area contributed by atoms with E-state index in [9.17, 15) is 4.79 Å². The summed E-state index contributed by atoms with van der Waals surface area (Å²) in [5, 5.41) is 0. The van der Waals surface area contributed by atoms with Gasteiger partial charge < -0.3 is 10.5 Å². The predicted octanol–water partition coefficient (Wildman–Crippen LogP) is 1.15. The van der Waals surface area contributed by atoms with Crippen molar-refractivity contribution in [2.45, 2.75) is 25.8 Å². The molecule has 1 unspecified atom stereocenters. The first kappa shape index (κ1) is 11.7. The van der Waals surface area contributed by atoms with Crippen LogP contribution in [0.15, 0.2) is 18.3 Å². The summed E-state index contributed by atoms with van der Waals surface area (Å²) < 4.78 is 4.58. The Kier molecular flexibility index (Phi) is 4.24. The maximum Gasteiger partial charge on any atom is 0.339 e. The van der Waals surface area contributed by atoms with Crippen molar-refractivity contribution >= 4 is 5.97 Å². The lowest BCUT2D eigenvalue weighted by molar-refractivity contribution is 0.0600. The zero-order chi connectivity index (χ0) is 11.3. The van der Waals surface area contributed by atoms with Gasteiger partial charge in [0.25, 0.3) is 0 Å². The zero-order valence-corrected chi connectivity index (χ0v) is 9.06. The standard InChI is InChI=1S/C11H16N2O2/c1-8(12)3-5-10-6-4-9(7-13-10)11(14)15-2/h4,6-8H,3,5,12H2,1-2H3. The number of nitrogens with two attached hydrogens (primary N) is 1. The van der Waals surface area contributed by atoms with Crippen molar-refractivity contribution in [1.82, 2.24) is 4.98 Å². The first-order chi connectivity index (χ1) is 7.13. The molecule has 4 heteroatoms. The molecule has 0 bridgehead atoms. The molecule has 0 aliphatic rings. The lowest BCUT2D eigenvalue weighted by Crippen LogP contribution is -2.15. The molecule has 15 heavy (non-hydrogen) atoms. The van der Waals surface area contributed by atoms with Crippen LogP contribution >= 0.6 is 0 Å². The molecular formula is C11H16N2O2. The molecule has 82 valence electrons. The van der Waals surface area contributed by atoms with Crippen LogP contribution in [0.4, 0.5) is 0 Å². The minimum Gasteiger partial charge on any atom is -0.465 e. The third-order valence-corrected chi connectivity index (χ3v) is 2.10. The summed E-state index contributed by atoms with van der Waals surface area (Å²) in [4.78, 5) is 15.3. The van der Waals surface area contributed by atoms with Crippen LogP contribution in [0, 0.1) is 0 Å². The summed E-state index contributed by atoms with van der Waals surface area (Å²) in [6.45, 7) is 1.96. The molecule has 1 aromatic rings. The number of hydrogen-bond donors (Lipinski definition) is 1. The van der Waals surface area contributed by atoms with E-state index in [1.165, 1.54) is 13.3 Å². The lowest BCUT2D eigenvalue weighted by Gasteiger charge is -2.04. The highest BCUT2D eigenvalue weighted by molar-refractivity contribution is 5.88. The molecule has 0 aromatic carbocycles. The van der Waals surface area contributed by atoms with Gasteiger partial charge in [-0.2, -0.15) is 0 Å². The average Bonchev–Trinajstić information content (AvgIpc) is 2.26. The van der Waals surface area contributed by atoms with E-state index in [0.29, 0.717) is 5.56 Å². The molecule has 0 fully saturated rings. The van der Waals surface area contributed by atoms with Gasteiger partial charge >= 0.3 is 5.97 Å². The number of aryl methyl sites for hydroxylation is 1. The van der Waals surface area contributed by atoms with E-state index < -0.39 is 0 Å². The molecular weight excluding hydrogens is 192 g/mol. The van der Waals surface area contributed by atoms with Gasteiger partial charge in [0.2, 0.25) is 0 Å². The summed E-state index contributed by atoms with van der Waals surface area (Å²) in [6, 6.07) is 3.72. The number of carbonyl (C=O) groups excluding carboxylic acids is 1. The van der Waals surface area contributed by atoms with Crippen LogP contribution in [0.3, 0.4) is 0 Å². The Morgan fingerprint density at radius 3 is 2.80 bits per heavy atom. The summed E-state index contributed by atoms with van der Waals surface area (Å²) in [6.07, 6.45) is 3.26. The lowest BCUT2D eigenvalue weighted by atomic mass is 10.1. The first-order valence-corrected chi connectivity index (χ1v) is 4.92. The van der Waals surface area contributed by atoms with Gasteiger partial charge in [-0.05, 0) is 31.9 Å². The van der Waals surface area contributed by atoms with Crippen molar-refractivity contribution in [1.29, 1.82) is 0 Å². The molecule has 0 saturated carbocycles. The quantitative estimate of drug-likeness (QED) is 0.754. The van der Waals surface area contributed by atoms with Crippen molar-refractivity contribution < 1.29 is 9.53 Å². The van der Waals surface area contributed by atoms with Crippen LogP contribution in [0.5, 0.6) is 0 Å². The average molecular weight is 208 g/mol. The molecule has 0 aliphatic carbocycles. The van der Waals surface area contributed by atoms with E-state index in [1.807, 2.05) is 13.0 Å². The second-order valence-electron chi connectivity index (χ2n) is 3.55. The predicted molar refractivity (Wildman–Crippen MR) is 57.5 cm³/mol. The summed E-state index contributed by atoms with van der Waals surface area (Å²) in [5.41, 5.74) is 7.06. The number of hydrogen-bond acceptors (Lipinski definition) is 4. The Morgan fingerprint density at radius 1 is 1.60 bits per heavy atom. The Labute approximate surface area is 89.5 Å². The van der Waals surface area contributed by atoms with Gasteiger partial charge in [-0.3, -0.25) is 4.98 Å². The van der Waals surface area contributed by atoms with E-state index in [0.717, 1.165) is 18.5 Å². The number of nitrogens with zero attached hydrogens (tertiary/aromatic N) is 1. The molecule has 0 radical (unpaired) electrons. The molecule has 4 nitrogen and oxygen atoms in total. The molecule has 0 saturated heterocycles. The molecule has 0 aliphatic heterocycles. The van der Waals surface area contributed by atoms with Crippen molar-refractivity contribution in [3.05, 3.63) is 29.6 Å².